The van der Waals surface area contributed by atoms with Crippen molar-refractivity contribution in [2.45, 2.75) is 32.7 Å². The third-order valence-electron chi connectivity index (χ3n) is 6.22. The average Bonchev–Trinajstić information content (AvgIpc) is 2.83. The monoisotopic (exact) mass is 411 g/mol. The lowest BCUT2D eigenvalue weighted by molar-refractivity contribution is 0.289. The molecule has 0 bridgehead atoms. The number of nitrogens with zero attached hydrogens (tertiary/aromatic N) is 1. The molecule has 2 heterocycles. The highest BCUT2D eigenvalue weighted by Gasteiger charge is 2.23. The molecule has 31 heavy (non-hydrogen) atoms. The summed E-state index contributed by atoms with van der Waals surface area (Å²) in [5.41, 5.74) is 5.47. The molecule has 4 nitrogen and oxygen atoms in total. The predicted molar refractivity (Wildman–Crippen MR) is 125 cm³/mol. The van der Waals surface area contributed by atoms with E-state index in [0.717, 1.165) is 39.9 Å². The lowest BCUT2D eigenvalue weighted by atomic mass is 9.98. The lowest BCUT2D eigenvalue weighted by Gasteiger charge is -2.31. The summed E-state index contributed by atoms with van der Waals surface area (Å²) in [5, 5.41) is 0.919. The molecule has 156 valence electrons. The summed E-state index contributed by atoms with van der Waals surface area (Å²) < 4.78 is 11.8. The minimum Gasteiger partial charge on any atom is -0.473 e. The minimum atomic E-state index is -0.352. The van der Waals surface area contributed by atoms with Crippen LogP contribution < -0.4 is 15.3 Å². The maximum atomic E-state index is 12.4. The molecule has 0 amide bonds. The molecule has 0 aliphatic carbocycles. The normalized spacial score (nSPS) is 14.2. The van der Waals surface area contributed by atoms with E-state index in [4.69, 9.17) is 9.15 Å². The third kappa shape index (κ3) is 3.59. The van der Waals surface area contributed by atoms with Crippen molar-refractivity contribution in [3.8, 4) is 16.9 Å². The van der Waals surface area contributed by atoms with E-state index in [1.54, 1.807) is 6.07 Å². The number of hydrogen-bond donors (Lipinski definition) is 0. The smallest absolute Gasteiger partial charge is 0.336 e. The van der Waals surface area contributed by atoms with Gasteiger partial charge in [0, 0.05) is 17.1 Å². The standard InChI is InChI=1S/C27H25NO3/c1-3-18(2)19-9-11-21(12-10-19)28-16-24-25(30-17-28)14-13-22-23(15-26(29)31-27(22)24)20-7-5-4-6-8-20/h4-15,18H,3,16-17H2,1-2H3/t18-/m1/s1. The van der Waals surface area contributed by atoms with Gasteiger partial charge in [0.05, 0.1) is 12.1 Å². The Morgan fingerprint density at radius 3 is 2.52 bits per heavy atom. The second-order valence-electron chi connectivity index (χ2n) is 8.14. The van der Waals surface area contributed by atoms with Crippen LogP contribution in [0.1, 0.15) is 37.3 Å². The summed E-state index contributed by atoms with van der Waals surface area (Å²) >= 11 is 0. The van der Waals surface area contributed by atoms with Gasteiger partial charge >= 0.3 is 5.63 Å². The lowest BCUT2D eigenvalue weighted by Crippen LogP contribution is -2.32. The fourth-order valence-electron chi connectivity index (χ4n) is 4.20. The van der Waals surface area contributed by atoms with Crippen molar-refractivity contribution < 1.29 is 9.15 Å². The molecule has 0 saturated carbocycles. The van der Waals surface area contributed by atoms with Gasteiger partial charge in [-0.15, -0.1) is 0 Å². The van der Waals surface area contributed by atoms with Gasteiger partial charge in [0.15, 0.2) is 6.73 Å². The summed E-state index contributed by atoms with van der Waals surface area (Å²) in [6.45, 7) is 5.53. The second-order valence-corrected chi connectivity index (χ2v) is 8.14. The van der Waals surface area contributed by atoms with Gasteiger partial charge in [-0.3, -0.25) is 0 Å². The zero-order valence-electron chi connectivity index (χ0n) is 17.8. The molecule has 0 N–H and O–H groups in total. The molecule has 4 heteroatoms. The Morgan fingerprint density at radius 2 is 1.77 bits per heavy atom. The van der Waals surface area contributed by atoms with Crippen molar-refractivity contribution in [1.82, 2.24) is 0 Å². The van der Waals surface area contributed by atoms with E-state index >= 15 is 0 Å². The van der Waals surface area contributed by atoms with Crippen LogP contribution >= 0.6 is 0 Å². The molecule has 1 aliphatic heterocycles. The topological polar surface area (TPSA) is 42.7 Å². The summed E-state index contributed by atoms with van der Waals surface area (Å²) in [7, 11) is 0. The van der Waals surface area contributed by atoms with Crippen LogP contribution in [0.2, 0.25) is 0 Å². The Hall–Kier alpha value is -3.53. The SMILES string of the molecule is CC[C@@H](C)c1ccc(N2COc3ccc4c(-c5ccccc5)cc(=O)oc4c3C2)cc1. The van der Waals surface area contributed by atoms with Crippen molar-refractivity contribution in [2.24, 2.45) is 0 Å². The Bertz CT molecular complexity index is 1280. The summed E-state index contributed by atoms with van der Waals surface area (Å²) in [4.78, 5) is 14.6. The van der Waals surface area contributed by atoms with Crippen LogP contribution in [0, 0.1) is 0 Å². The molecular weight excluding hydrogens is 386 g/mol. The Morgan fingerprint density at radius 1 is 1.00 bits per heavy atom. The van der Waals surface area contributed by atoms with E-state index in [-0.39, 0.29) is 5.63 Å². The van der Waals surface area contributed by atoms with Gasteiger partial charge in [0.2, 0.25) is 0 Å². The average molecular weight is 412 g/mol. The number of benzene rings is 3. The zero-order valence-corrected chi connectivity index (χ0v) is 17.8. The molecule has 5 rings (SSSR count). The first kappa shape index (κ1) is 19.4. The van der Waals surface area contributed by atoms with Gasteiger partial charge in [-0.05, 0) is 53.3 Å². The molecule has 3 aromatic carbocycles. The van der Waals surface area contributed by atoms with E-state index < -0.39 is 0 Å². The molecule has 0 fully saturated rings. The van der Waals surface area contributed by atoms with Gasteiger partial charge in [0.1, 0.15) is 11.3 Å². The van der Waals surface area contributed by atoms with Crippen molar-refractivity contribution >= 4 is 16.7 Å². The fourth-order valence-corrected chi connectivity index (χ4v) is 4.20. The molecule has 1 aliphatic rings. The Labute approximate surface area is 181 Å². The number of anilines is 1. The molecule has 4 aromatic rings. The predicted octanol–water partition coefficient (Wildman–Crippen LogP) is 6.33. The van der Waals surface area contributed by atoms with Crippen LogP contribution in [-0.4, -0.2) is 6.73 Å². The minimum absolute atomic E-state index is 0.352. The maximum absolute atomic E-state index is 12.4. The van der Waals surface area contributed by atoms with Crippen LogP contribution in [0.15, 0.2) is 82.0 Å². The molecule has 0 saturated heterocycles. The second kappa shape index (κ2) is 7.95. The van der Waals surface area contributed by atoms with Crippen molar-refractivity contribution in [3.63, 3.8) is 0 Å². The quantitative estimate of drug-likeness (QED) is 0.368. The third-order valence-corrected chi connectivity index (χ3v) is 6.22. The van der Waals surface area contributed by atoms with Crippen LogP contribution in [0.3, 0.4) is 0 Å². The highest BCUT2D eigenvalue weighted by Crippen LogP contribution is 2.37. The molecule has 0 spiro atoms. The largest absolute Gasteiger partial charge is 0.473 e. The molecule has 1 aromatic heterocycles. The highest BCUT2D eigenvalue weighted by molar-refractivity contribution is 5.96. The van der Waals surface area contributed by atoms with Crippen LogP contribution in [0.4, 0.5) is 5.69 Å². The van der Waals surface area contributed by atoms with Crippen LogP contribution in [0.25, 0.3) is 22.1 Å². The summed E-state index contributed by atoms with van der Waals surface area (Å²) in [6, 6.07) is 24.1. The molecule has 1 atom stereocenters. The first-order valence-electron chi connectivity index (χ1n) is 10.8. The molecule has 0 unspecified atom stereocenters. The van der Waals surface area contributed by atoms with Crippen molar-refractivity contribution in [1.29, 1.82) is 0 Å². The van der Waals surface area contributed by atoms with Crippen LogP contribution in [-0.2, 0) is 6.54 Å². The van der Waals surface area contributed by atoms with E-state index in [9.17, 15) is 4.79 Å². The number of fused-ring (bicyclic) bond motifs is 3. The highest BCUT2D eigenvalue weighted by atomic mass is 16.5. The first-order valence-corrected chi connectivity index (χ1v) is 10.8. The van der Waals surface area contributed by atoms with Gasteiger partial charge < -0.3 is 14.1 Å². The number of hydrogen-bond acceptors (Lipinski definition) is 4. The van der Waals surface area contributed by atoms with E-state index in [2.05, 4.69) is 43.0 Å². The summed E-state index contributed by atoms with van der Waals surface area (Å²) in [6.07, 6.45) is 1.12. The molecule has 0 radical (unpaired) electrons. The fraction of sp³-hybridized carbons (Fsp3) is 0.222. The molecular formula is C27H25NO3. The van der Waals surface area contributed by atoms with Gasteiger partial charge in [-0.25, -0.2) is 4.79 Å². The Kier molecular flexibility index (Phi) is 4.99. The number of rotatable bonds is 4. The maximum Gasteiger partial charge on any atom is 0.336 e. The Balaban J connectivity index is 1.56. The zero-order chi connectivity index (χ0) is 21.4. The first-order chi connectivity index (χ1) is 15.1. The van der Waals surface area contributed by atoms with E-state index in [1.165, 1.54) is 5.56 Å². The van der Waals surface area contributed by atoms with Gasteiger partial charge in [-0.1, -0.05) is 56.3 Å². The van der Waals surface area contributed by atoms with E-state index in [0.29, 0.717) is 24.8 Å². The van der Waals surface area contributed by atoms with Crippen molar-refractivity contribution in [2.75, 3.05) is 11.6 Å². The van der Waals surface area contributed by atoms with Crippen LogP contribution in [0.5, 0.6) is 5.75 Å². The van der Waals surface area contributed by atoms with Gasteiger partial charge in [-0.2, -0.15) is 0 Å². The number of ether oxygens (including phenoxy) is 1. The van der Waals surface area contributed by atoms with Gasteiger partial charge in [0.25, 0.3) is 0 Å². The van der Waals surface area contributed by atoms with Crippen molar-refractivity contribution in [3.05, 3.63) is 94.3 Å². The summed E-state index contributed by atoms with van der Waals surface area (Å²) in [5.74, 6) is 1.32. The van der Waals surface area contributed by atoms with E-state index in [1.807, 2.05) is 42.5 Å².